The Morgan fingerprint density at radius 1 is 1.06 bits per heavy atom. The third-order valence-electron chi connectivity index (χ3n) is 10.8. The number of carbonyl (C=O) groups excluding carboxylic acids is 2. The molecule has 48 heavy (non-hydrogen) atoms. The zero-order valence-electron chi connectivity index (χ0n) is 27.3. The van der Waals surface area contributed by atoms with E-state index in [2.05, 4.69) is 28.5 Å². The standard InChI is InChI=1S/C37H36N4O7/c1-6-11-46-33-19(3)34-35(48-17-47-34)29-23(33)14-25-30-28-20(12-18(2)32(45-5)31(28)42)13-24(39(30)4)26(15-38)41(25)27(29)16-40-36(43)21-9-7-8-10-22(21)37(40)44/h6-10,12,24-27,30,42H,1,11,13-14,16-17H2,2-5H3. The van der Waals surface area contributed by atoms with Crippen LogP contribution in [-0.2, 0) is 12.8 Å². The third-order valence-corrected chi connectivity index (χ3v) is 10.8. The number of aromatic hydroxyl groups is 1. The van der Waals surface area contributed by atoms with Gasteiger partial charge < -0.3 is 24.1 Å². The van der Waals surface area contributed by atoms with E-state index in [0.29, 0.717) is 47.0 Å². The van der Waals surface area contributed by atoms with E-state index in [9.17, 15) is 20.0 Å². The highest BCUT2D eigenvalue weighted by atomic mass is 16.7. The van der Waals surface area contributed by atoms with Crippen molar-refractivity contribution >= 4 is 11.8 Å². The fraction of sp³-hybridized carbons (Fsp3) is 0.378. The Hall–Kier alpha value is -5.05. The molecule has 3 aromatic carbocycles. The molecule has 11 heteroatoms. The molecule has 0 radical (unpaired) electrons. The third kappa shape index (κ3) is 3.99. The number of fused-ring (bicyclic) bond motifs is 10. The minimum Gasteiger partial charge on any atom is -0.504 e. The number of amides is 2. The quantitative estimate of drug-likeness (QED) is 0.304. The molecule has 0 aliphatic carbocycles. The van der Waals surface area contributed by atoms with Crippen LogP contribution in [0.4, 0.5) is 0 Å². The Kier molecular flexibility index (Phi) is 6.95. The summed E-state index contributed by atoms with van der Waals surface area (Å²) in [5.41, 5.74) is 5.65. The van der Waals surface area contributed by atoms with Crippen LogP contribution in [0.5, 0.6) is 28.7 Å². The highest BCUT2D eigenvalue weighted by Gasteiger charge is 2.57. The Bertz CT molecular complexity index is 1930. The van der Waals surface area contributed by atoms with Gasteiger partial charge in [-0.3, -0.25) is 24.3 Å². The molecule has 5 unspecified atom stereocenters. The molecule has 1 saturated heterocycles. The second kappa shape index (κ2) is 11.0. The first kappa shape index (κ1) is 30.3. The van der Waals surface area contributed by atoms with Crippen molar-refractivity contribution in [2.24, 2.45) is 0 Å². The van der Waals surface area contributed by atoms with E-state index in [1.54, 1.807) is 37.5 Å². The number of methoxy groups -OCH3 is 1. The van der Waals surface area contributed by atoms with Crippen LogP contribution in [0.25, 0.3) is 0 Å². The Labute approximate surface area is 278 Å². The van der Waals surface area contributed by atoms with Gasteiger partial charge in [-0.1, -0.05) is 30.9 Å². The monoisotopic (exact) mass is 648 g/mol. The number of hydrogen-bond donors (Lipinski definition) is 1. The molecule has 2 bridgehead atoms. The molecule has 3 aromatic rings. The summed E-state index contributed by atoms with van der Waals surface area (Å²) in [5, 5.41) is 22.7. The summed E-state index contributed by atoms with van der Waals surface area (Å²) in [6.45, 7) is 7.92. The minimum atomic E-state index is -0.650. The lowest BCUT2D eigenvalue weighted by Crippen LogP contribution is -2.68. The van der Waals surface area contributed by atoms with Crippen LogP contribution in [0, 0.1) is 25.2 Å². The molecule has 5 aliphatic heterocycles. The Morgan fingerprint density at radius 3 is 2.44 bits per heavy atom. The van der Waals surface area contributed by atoms with Crippen molar-refractivity contribution in [3.8, 4) is 34.8 Å². The molecule has 246 valence electrons. The van der Waals surface area contributed by atoms with Gasteiger partial charge in [0.1, 0.15) is 18.4 Å². The van der Waals surface area contributed by atoms with Crippen LogP contribution in [0.15, 0.2) is 43.0 Å². The first-order valence-electron chi connectivity index (χ1n) is 16.1. The van der Waals surface area contributed by atoms with E-state index in [0.717, 1.165) is 33.4 Å². The number of likely N-dealkylation sites (N-methyl/N-ethyl adjacent to an activating group) is 1. The maximum Gasteiger partial charge on any atom is 0.261 e. The smallest absolute Gasteiger partial charge is 0.261 e. The summed E-state index contributed by atoms with van der Waals surface area (Å²) in [6.07, 6.45) is 2.64. The molecule has 1 fully saturated rings. The van der Waals surface area contributed by atoms with Gasteiger partial charge in [0.2, 0.25) is 6.79 Å². The van der Waals surface area contributed by atoms with Crippen molar-refractivity contribution in [2.45, 2.75) is 56.9 Å². The first-order valence-corrected chi connectivity index (χ1v) is 16.1. The maximum absolute atomic E-state index is 13.8. The van der Waals surface area contributed by atoms with Crippen molar-refractivity contribution in [1.29, 1.82) is 5.26 Å². The normalized spacial score (nSPS) is 25.1. The zero-order chi connectivity index (χ0) is 33.6. The van der Waals surface area contributed by atoms with Crippen molar-refractivity contribution in [3.05, 3.63) is 87.5 Å². The van der Waals surface area contributed by atoms with Gasteiger partial charge in [-0.2, -0.15) is 5.26 Å². The predicted octanol–water partition coefficient (Wildman–Crippen LogP) is 4.38. The van der Waals surface area contributed by atoms with Crippen LogP contribution < -0.4 is 18.9 Å². The Balaban J connectivity index is 1.37. The number of ether oxygens (including phenoxy) is 4. The van der Waals surface area contributed by atoms with Crippen LogP contribution in [-0.4, -0.2) is 83.8 Å². The van der Waals surface area contributed by atoms with E-state index in [-0.39, 0.29) is 55.6 Å². The van der Waals surface area contributed by atoms with Crippen molar-refractivity contribution < 1.29 is 33.6 Å². The highest BCUT2D eigenvalue weighted by Crippen LogP contribution is 2.58. The zero-order valence-corrected chi connectivity index (χ0v) is 27.3. The van der Waals surface area contributed by atoms with E-state index < -0.39 is 12.1 Å². The van der Waals surface area contributed by atoms with Gasteiger partial charge in [0.05, 0.1) is 36.4 Å². The van der Waals surface area contributed by atoms with Crippen LogP contribution in [0.3, 0.4) is 0 Å². The van der Waals surface area contributed by atoms with Crippen LogP contribution in [0.1, 0.15) is 66.2 Å². The molecular formula is C37H36N4O7. The number of phenolic OH excluding ortho intramolecular Hbond substituents is 1. The van der Waals surface area contributed by atoms with Crippen molar-refractivity contribution in [3.63, 3.8) is 0 Å². The number of nitriles is 1. The lowest BCUT2D eigenvalue weighted by atomic mass is 9.71. The van der Waals surface area contributed by atoms with E-state index >= 15 is 0 Å². The van der Waals surface area contributed by atoms with Crippen LogP contribution >= 0.6 is 0 Å². The van der Waals surface area contributed by atoms with E-state index in [1.165, 1.54) is 4.90 Å². The van der Waals surface area contributed by atoms with Gasteiger partial charge in [0, 0.05) is 40.9 Å². The molecule has 11 nitrogen and oxygen atoms in total. The van der Waals surface area contributed by atoms with Gasteiger partial charge in [0.25, 0.3) is 11.8 Å². The largest absolute Gasteiger partial charge is 0.504 e. The number of aryl methyl sites for hydroxylation is 1. The number of benzene rings is 3. The molecule has 5 aliphatic rings. The summed E-state index contributed by atoms with van der Waals surface area (Å²) in [6, 6.07) is 9.26. The fourth-order valence-corrected chi connectivity index (χ4v) is 8.92. The number of imide groups is 1. The van der Waals surface area contributed by atoms with Gasteiger partial charge >= 0.3 is 0 Å². The molecule has 1 N–H and O–H groups in total. The predicted molar refractivity (Wildman–Crippen MR) is 174 cm³/mol. The Morgan fingerprint density at radius 2 is 1.77 bits per heavy atom. The summed E-state index contributed by atoms with van der Waals surface area (Å²) in [7, 11) is 3.55. The van der Waals surface area contributed by atoms with Gasteiger partial charge in [0.15, 0.2) is 23.0 Å². The summed E-state index contributed by atoms with van der Waals surface area (Å²) in [4.78, 5) is 33.3. The molecule has 2 amide bonds. The van der Waals surface area contributed by atoms with Gasteiger partial charge in [-0.05, 0) is 57.0 Å². The molecule has 0 aromatic heterocycles. The number of nitrogens with zero attached hydrogens (tertiary/aromatic N) is 4. The van der Waals surface area contributed by atoms with Gasteiger partial charge in [-0.25, -0.2) is 0 Å². The molecule has 5 atom stereocenters. The van der Waals surface area contributed by atoms with Crippen molar-refractivity contribution in [2.75, 3.05) is 34.1 Å². The van der Waals surface area contributed by atoms with Gasteiger partial charge in [-0.15, -0.1) is 0 Å². The highest BCUT2D eigenvalue weighted by molar-refractivity contribution is 6.21. The number of piperazine rings is 1. The van der Waals surface area contributed by atoms with E-state index in [1.807, 2.05) is 20.9 Å². The SMILES string of the molecule is C=CCOc1c(C)c2c(c3c1CC1C4c5c(cc(C)c(OC)c5O)CC(C(C#N)N1C3CN1C(=O)c3ccccc3C1=O)N4C)OCO2. The lowest BCUT2D eigenvalue weighted by molar-refractivity contribution is -0.0758. The molecule has 5 heterocycles. The summed E-state index contributed by atoms with van der Waals surface area (Å²) < 4.78 is 24.2. The molecule has 0 saturated carbocycles. The maximum atomic E-state index is 13.8. The fourth-order valence-electron chi connectivity index (χ4n) is 8.92. The van der Waals surface area contributed by atoms with Crippen molar-refractivity contribution in [1.82, 2.24) is 14.7 Å². The minimum absolute atomic E-state index is 0.00670. The molecule has 8 rings (SSSR count). The molecule has 0 spiro atoms. The average molecular weight is 649 g/mol. The summed E-state index contributed by atoms with van der Waals surface area (Å²) >= 11 is 0. The number of hydrogen-bond acceptors (Lipinski definition) is 10. The number of carbonyl (C=O) groups is 2. The van der Waals surface area contributed by atoms with Crippen LogP contribution in [0.2, 0.25) is 0 Å². The topological polar surface area (TPSA) is 125 Å². The number of rotatable bonds is 6. The number of phenols is 1. The molecular weight excluding hydrogens is 612 g/mol. The van der Waals surface area contributed by atoms with E-state index in [4.69, 9.17) is 18.9 Å². The second-order valence-corrected chi connectivity index (χ2v) is 13.1. The lowest BCUT2D eigenvalue weighted by Gasteiger charge is -2.60. The average Bonchev–Trinajstić information content (AvgIpc) is 3.65. The second-order valence-electron chi connectivity index (χ2n) is 13.1. The summed E-state index contributed by atoms with van der Waals surface area (Å²) in [5.74, 6) is 1.46. The first-order chi connectivity index (χ1) is 23.2.